The molecule has 0 aliphatic rings. The van der Waals surface area contributed by atoms with Gasteiger partial charge >= 0.3 is 0 Å². The monoisotopic (exact) mass is 353 g/mol. The molecule has 6 heteroatoms. The minimum atomic E-state index is -0.427. The maximum absolute atomic E-state index is 13.1. The molecule has 2 aromatic carbocycles. The van der Waals surface area contributed by atoms with E-state index in [0.717, 1.165) is 0 Å². The highest BCUT2D eigenvalue weighted by molar-refractivity contribution is 9.10. The van der Waals surface area contributed by atoms with Crippen molar-refractivity contribution in [2.45, 2.75) is 0 Å². The second-order valence-electron chi connectivity index (χ2n) is 4.14. The summed E-state index contributed by atoms with van der Waals surface area (Å²) in [5.74, 6) is 0.216. The van der Waals surface area contributed by atoms with Crippen molar-refractivity contribution in [2.75, 3.05) is 19.0 Å². The molecule has 2 aromatic rings. The molecule has 0 aliphatic carbocycles. The number of nitrogens with one attached hydrogen (secondary N) is 1. The fourth-order valence-electron chi connectivity index (χ4n) is 1.60. The van der Waals surface area contributed by atoms with Crippen molar-refractivity contribution in [1.29, 1.82) is 0 Å². The van der Waals surface area contributed by atoms with Crippen LogP contribution in [-0.4, -0.2) is 19.6 Å². The number of halogens is 2. The van der Waals surface area contributed by atoms with Gasteiger partial charge < -0.3 is 14.8 Å². The minimum absolute atomic E-state index is 0.214. The van der Waals surface area contributed by atoms with E-state index in [0.29, 0.717) is 15.9 Å². The molecule has 0 aromatic heterocycles. The number of anilines is 1. The van der Waals surface area contributed by atoms with E-state index in [1.165, 1.54) is 18.2 Å². The third-order valence-electron chi connectivity index (χ3n) is 2.63. The molecule has 2 rings (SSSR count). The lowest BCUT2D eigenvalue weighted by Gasteiger charge is -2.09. The summed E-state index contributed by atoms with van der Waals surface area (Å²) in [5.41, 5.74) is 0.628. The fourth-order valence-corrected chi connectivity index (χ4v) is 1.96. The number of hydrogen-bond donors (Lipinski definition) is 1. The SMILES string of the molecule is COc1ccc(NC(=O)COc2cc(F)ccc2Br)cc1. The normalized spacial score (nSPS) is 10.0. The summed E-state index contributed by atoms with van der Waals surface area (Å²) in [7, 11) is 1.57. The number of rotatable bonds is 5. The molecule has 0 radical (unpaired) electrons. The Balaban J connectivity index is 1.91. The zero-order valence-electron chi connectivity index (χ0n) is 11.2. The number of carbonyl (C=O) groups excluding carboxylic acids is 1. The van der Waals surface area contributed by atoms with Gasteiger partial charge in [-0.2, -0.15) is 0 Å². The van der Waals surface area contributed by atoms with Gasteiger partial charge in [0.1, 0.15) is 17.3 Å². The molecule has 0 saturated carbocycles. The Bertz CT molecular complexity index is 631. The summed E-state index contributed by atoms with van der Waals surface area (Å²) in [6.45, 7) is -0.214. The Morgan fingerprint density at radius 1 is 1.24 bits per heavy atom. The highest BCUT2D eigenvalue weighted by atomic mass is 79.9. The maximum Gasteiger partial charge on any atom is 0.262 e. The predicted molar refractivity (Wildman–Crippen MR) is 81.2 cm³/mol. The molecular formula is C15H13BrFNO3. The van der Waals surface area contributed by atoms with Gasteiger partial charge in [-0.25, -0.2) is 4.39 Å². The Morgan fingerprint density at radius 2 is 1.95 bits per heavy atom. The lowest BCUT2D eigenvalue weighted by atomic mass is 10.3. The van der Waals surface area contributed by atoms with Gasteiger partial charge in [0.2, 0.25) is 0 Å². The van der Waals surface area contributed by atoms with E-state index < -0.39 is 5.82 Å². The standard InChI is InChI=1S/C15H13BrFNO3/c1-20-12-5-3-11(4-6-12)18-15(19)9-21-14-8-10(17)2-7-13(14)16/h2-8H,9H2,1H3,(H,18,19). The highest BCUT2D eigenvalue weighted by Gasteiger charge is 2.07. The van der Waals surface area contributed by atoms with Gasteiger partial charge in [-0.15, -0.1) is 0 Å². The quantitative estimate of drug-likeness (QED) is 0.892. The first kappa shape index (κ1) is 15.3. The Hall–Kier alpha value is -2.08. The topological polar surface area (TPSA) is 47.6 Å². The van der Waals surface area contributed by atoms with E-state index in [4.69, 9.17) is 9.47 Å². The maximum atomic E-state index is 13.1. The van der Waals surface area contributed by atoms with Crippen LogP contribution in [0.25, 0.3) is 0 Å². The summed E-state index contributed by atoms with van der Waals surface area (Å²) in [5, 5.41) is 2.67. The number of benzene rings is 2. The first-order valence-corrected chi connectivity index (χ1v) is 6.89. The molecular weight excluding hydrogens is 341 g/mol. The molecule has 110 valence electrons. The molecule has 0 unspecified atom stereocenters. The van der Waals surface area contributed by atoms with Gasteiger partial charge in [0, 0.05) is 11.8 Å². The molecule has 0 atom stereocenters. The van der Waals surface area contributed by atoms with Crippen LogP contribution >= 0.6 is 15.9 Å². The first-order valence-electron chi connectivity index (χ1n) is 6.10. The third kappa shape index (κ3) is 4.46. The average molecular weight is 354 g/mol. The van der Waals surface area contributed by atoms with Gasteiger partial charge in [0.05, 0.1) is 11.6 Å². The van der Waals surface area contributed by atoms with Crippen LogP contribution in [0, 0.1) is 5.82 Å². The van der Waals surface area contributed by atoms with Gasteiger partial charge in [-0.1, -0.05) is 0 Å². The van der Waals surface area contributed by atoms with Crippen molar-refractivity contribution in [1.82, 2.24) is 0 Å². The predicted octanol–water partition coefficient (Wildman–Crippen LogP) is 3.61. The molecule has 4 nitrogen and oxygen atoms in total. The van der Waals surface area contributed by atoms with Crippen molar-refractivity contribution < 1.29 is 18.7 Å². The average Bonchev–Trinajstić information content (AvgIpc) is 2.49. The number of hydrogen-bond acceptors (Lipinski definition) is 3. The lowest BCUT2D eigenvalue weighted by Crippen LogP contribution is -2.20. The van der Waals surface area contributed by atoms with Crippen LogP contribution in [0.4, 0.5) is 10.1 Å². The molecule has 0 bridgehead atoms. The minimum Gasteiger partial charge on any atom is -0.497 e. The van der Waals surface area contributed by atoms with Crippen molar-refractivity contribution in [3.05, 3.63) is 52.8 Å². The van der Waals surface area contributed by atoms with Gasteiger partial charge in [0.15, 0.2) is 6.61 Å². The number of methoxy groups -OCH3 is 1. The van der Waals surface area contributed by atoms with Crippen molar-refractivity contribution in [2.24, 2.45) is 0 Å². The first-order chi connectivity index (χ1) is 10.1. The number of amides is 1. The van der Waals surface area contributed by atoms with E-state index in [2.05, 4.69) is 21.2 Å². The van der Waals surface area contributed by atoms with Crippen LogP contribution in [-0.2, 0) is 4.79 Å². The van der Waals surface area contributed by atoms with Gasteiger partial charge in [-0.05, 0) is 52.3 Å². The van der Waals surface area contributed by atoms with Gasteiger partial charge in [-0.3, -0.25) is 4.79 Å². The smallest absolute Gasteiger partial charge is 0.262 e. The Labute approximate surface area is 130 Å². The fraction of sp³-hybridized carbons (Fsp3) is 0.133. The zero-order chi connectivity index (χ0) is 15.2. The molecule has 1 amide bonds. The second-order valence-corrected chi connectivity index (χ2v) is 4.99. The summed E-state index contributed by atoms with van der Waals surface area (Å²) < 4.78 is 24.0. The highest BCUT2D eigenvalue weighted by Crippen LogP contribution is 2.25. The molecule has 0 spiro atoms. The summed E-state index contributed by atoms with van der Waals surface area (Å²) in [6, 6.07) is 10.9. The summed E-state index contributed by atoms with van der Waals surface area (Å²) in [4.78, 5) is 11.8. The zero-order valence-corrected chi connectivity index (χ0v) is 12.8. The Morgan fingerprint density at radius 3 is 2.62 bits per heavy atom. The van der Waals surface area contributed by atoms with E-state index in [1.807, 2.05) is 0 Å². The van der Waals surface area contributed by atoms with Crippen LogP contribution in [0.2, 0.25) is 0 Å². The molecule has 1 N–H and O–H groups in total. The molecule has 0 saturated heterocycles. The third-order valence-corrected chi connectivity index (χ3v) is 3.28. The second kappa shape index (κ2) is 7.08. The van der Waals surface area contributed by atoms with E-state index in [1.54, 1.807) is 31.4 Å². The lowest BCUT2D eigenvalue weighted by molar-refractivity contribution is -0.118. The Kier molecular flexibility index (Phi) is 5.16. The van der Waals surface area contributed by atoms with Crippen molar-refractivity contribution in [3.63, 3.8) is 0 Å². The molecule has 21 heavy (non-hydrogen) atoms. The molecule has 0 fully saturated rings. The van der Waals surface area contributed by atoms with Crippen LogP contribution in [0.1, 0.15) is 0 Å². The van der Waals surface area contributed by atoms with Crippen LogP contribution in [0.3, 0.4) is 0 Å². The van der Waals surface area contributed by atoms with E-state index in [9.17, 15) is 9.18 Å². The van der Waals surface area contributed by atoms with Gasteiger partial charge in [0.25, 0.3) is 5.91 Å². The summed E-state index contributed by atoms with van der Waals surface area (Å²) in [6.07, 6.45) is 0. The molecule has 0 aliphatic heterocycles. The van der Waals surface area contributed by atoms with E-state index in [-0.39, 0.29) is 18.3 Å². The number of carbonyl (C=O) groups is 1. The van der Waals surface area contributed by atoms with Crippen LogP contribution < -0.4 is 14.8 Å². The van der Waals surface area contributed by atoms with Crippen LogP contribution in [0.5, 0.6) is 11.5 Å². The largest absolute Gasteiger partial charge is 0.497 e. The number of ether oxygens (including phenoxy) is 2. The summed E-state index contributed by atoms with van der Waals surface area (Å²) >= 11 is 3.23. The van der Waals surface area contributed by atoms with Crippen LogP contribution in [0.15, 0.2) is 46.9 Å². The van der Waals surface area contributed by atoms with E-state index >= 15 is 0 Å². The van der Waals surface area contributed by atoms with Crippen molar-refractivity contribution in [3.8, 4) is 11.5 Å². The molecule has 0 heterocycles. The van der Waals surface area contributed by atoms with Crippen molar-refractivity contribution >= 4 is 27.5 Å².